The Kier molecular flexibility index (Phi) is 4.87. The van der Waals surface area contributed by atoms with Gasteiger partial charge < -0.3 is 16.0 Å². The summed E-state index contributed by atoms with van der Waals surface area (Å²) in [6.45, 7) is 0. The summed E-state index contributed by atoms with van der Waals surface area (Å²) in [5.74, 6) is -0.383. The van der Waals surface area contributed by atoms with Crippen LogP contribution in [0.5, 0.6) is 0 Å². The lowest BCUT2D eigenvalue weighted by Crippen LogP contribution is -2.13. The summed E-state index contributed by atoms with van der Waals surface area (Å²) < 4.78 is 32.0. The van der Waals surface area contributed by atoms with Gasteiger partial charge in [0.1, 0.15) is 4.90 Å². The van der Waals surface area contributed by atoms with Gasteiger partial charge >= 0.3 is 0 Å². The van der Waals surface area contributed by atoms with E-state index in [1.54, 1.807) is 37.4 Å². The molecule has 2 rings (SSSR count). The van der Waals surface area contributed by atoms with Crippen LogP contribution < -0.4 is 16.0 Å². The number of carbonyl (C=O) groups is 1. The molecule has 0 fully saturated rings. The molecular weight excluding hydrogens is 318 g/mol. The van der Waals surface area contributed by atoms with Gasteiger partial charge in [0.2, 0.25) is 0 Å². The normalized spacial score (nSPS) is 10.9. The topological polar surface area (TPSA) is 108 Å². The van der Waals surface area contributed by atoms with Crippen LogP contribution in [-0.4, -0.2) is 33.0 Å². The van der Waals surface area contributed by atoms with E-state index in [2.05, 4.69) is 16.0 Å². The fourth-order valence-corrected chi connectivity index (χ4v) is 2.74. The van der Waals surface area contributed by atoms with E-state index in [1.165, 1.54) is 19.2 Å². The van der Waals surface area contributed by atoms with Crippen LogP contribution in [0.25, 0.3) is 0 Å². The largest absolute Gasteiger partial charge is 0.388 e. The average molecular weight is 335 g/mol. The number of benzene rings is 2. The molecule has 0 aliphatic carbocycles. The Labute approximate surface area is 134 Å². The van der Waals surface area contributed by atoms with Gasteiger partial charge in [-0.3, -0.25) is 9.35 Å². The Bertz CT molecular complexity index is 817. The molecule has 2 aromatic carbocycles. The second-order valence-corrected chi connectivity index (χ2v) is 6.11. The van der Waals surface area contributed by atoms with Crippen LogP contribution >= 0.6 is 0 Å². The molecule has 0 saturated carbocycles. The maximum Gasteiger partial charge on any atom is 0.296 e. The van der Waals surface area contributed by atoms with Crippen molar-refractivity contribution in [1.82, 2.24) is 0 Å². The van der Waals surface area contributed by atoms with E-state index in [4.69, 9.17) is 0 Å². The highest BCUT2D eigenvalue weighted by atomic mass is 32.2. The fraction of sp³-hybridized carbons (Fsp3) is 0.133. The molecular formula is C15H17N3O4S. The first-order valence-electron chi connectivity index (χ1n) is 6.73. The molecule has 0 unspecified atom stereocenters. The summed E-state index contributed by atoms with van der Waals surface area (Å²) >= 11 is 0. The van der Waals surface area contributed by atoms with Gasteiger partial charge in [0.15, 0.2) is 0 Å². The molecule has 0 heterocycles. The van der Waals surface area contributed by atoms with Crippen LogP contribution in [0.3, 0.4) is 0 Å². The molecule has 8 heteroatoms. The Morgan fingerprint density at radius 2 is 1.57 bits per heavy atom. The molecule has 2 aromatic rings. The highest BCUT2D eigenvalue weighted by Gasteiger charge is 2.16. The van der Waals surface area contributed by atoms with Crippen molar-refractivity contribution in [2.45, 2.75) is 4.90 Å². The summed E-state index contributed by atoms with van der Waals surface area (Å²) in [4.78, 5) is 11.9. The molecule has 0 radical (unpaired) electrons. The summed E-state index contributed by atoms with van der Waals surface area (Å²) in [5.41, 5.74) is 1.80. The summed E-state index contributed by atoms with van der Waals surface area (Å²) in [6, 6.07) is 11.0. The zero-order valence-electron chi connectivity index (χ0n) is 12.6. The lowest BCUT2D eigenvalue weighted by molar-refractivity contribution is 0.102. The number of carbonyl (C=O) groups excluding carboxylic acids is 1. The van der Waals surface area contributed by atoms with Gasteiger partial charge in [0, 0.05) is 31.0 Å². The van der Waals surface area contributed by atoms with E-state index in [-0.39, 0.29) is 22.2 Å². The molecule has 1 amide bonds. The van der Waals surface area contributed by atoms with Gasteiger partial charge in [-0.05, 0) is 42.5 Å². The number of nitrogens with one attached hydrogen (secondary N) is 3. The van der Waals surface area contributed by atoms with Crippen molar-refractivity contribution in [2.24, 2.45) is 0 Å². The Balaban J connectivity index is 2.27. The van der Waals surface area contributed by atoms with Crippen molar-refractivity contribution < 1.29 is 17.8 Å². The molecule has 0 aromatic heterocycles. The van der Waals surface area contributed by atoms with Crippen LogP contribution in [-0.2, 0) is 10.1 Å². The Morgan fingerprint density at radius 1 is 0.957 bits per heavy atom. The SMILES string of the molecule is CNc1ccc(C(=O)Nc2ccc(NC)c(S(=O)(=O)O)c2)cc1. The summed E-state index contributed by atoms with van der Waals surface area (Å²) in [7, 11) is -1.09. The number of amides is 1. The lowest BCUT2D eigenvalue weighted by Gasteiger charge is -2.10. The van der Waals surface area contributed by atoms with Gasteiger partial charge in [0.25, 0.3) is 16.0 Å². The zero-order valence-corrected chi connectivity index (χ0v) is 13.4. The number of hydrogen-bond donors (Lipinski definition) is 4. The van der Waals surface area contributed by atoms with Crippen LogP contribution in [0.1, 0.15) is 10.4 Å². The molecule has 0 aliphatic rings. The lowest BCUT2D eigenvalue weighted by atomic mass is 10.2. The van der Waals surface area contributed by atoms with Crippen LogP contribution in [0.15, 0.2) is 47.4 Å². The first kappa shape index (κ1) is 16.8. The van der Waals surface area contributed by atoms with Crippen molar-refractivity contribution >= 4 is 33.1 Å². The van der Waals surface area contributed by atoms with Gasteiger partial charge in [-0.2, -0.15) is 8.42 Å². The molecule has 0 atom stereocenters. The zero-order chi connectivity index (χ0) is 17.0. The molecule has 0 saturated heterocycles. The van der Waals surface area contributed by atoms with Gasteiger partial charge in [0.05, 0.1) is 5.69 Å². The highest BCUT2D eigenvalue weighted by Crippen LogP contribution is 2.25. The standard InChI is InChI=1S/C15H17N3O4S/c1-16-11-5-3-10(4-6-11)15(19)18-12-7-8-13(17-2)14(9-12)23(20,21)22/h3-9,16-17H,1-2H3,(H,18,19)(H,20,21,22). The number of anilines is 3. The van der Waals surface area contributed by atoms with E-state index in [0.717, 1.165) is 5.69 Å². The van der Waals surface area contributed by atoms with E-state index in [0.29, 0.717) is 5.56 Å². The van der Waals surface area contributed by atoms with Crippen LogP contribution in [0.2, 0.25) is 0 Å². The third kappa shape index (κ3) is 3.99. The van der Waals surface area contributed by atoms with Crippen molar-refractivity contribution in [3.05, 3.63) is 48.0 Å². The predicted molar refractivity (Wildman–Crippen MR) is 89.7 cm³/mol. The Hall–Kier alpha value is -2.58. The third-order valence-corrected chi connectivity index (χ3v) is 4.12. The first-order chi connectivity index (χ1) is 10.8. The quantitative estimate of drug-likeness (QED) is 0.624. The summed E-state index contributed by atoms with van der Waals surface area (Å²) in [6.07, 6.45) is 0. The van der Waals surface area contributed by atoms with E-state index >= 15 is 0 Å². The van der Waals surface area contributed by atoms with Crippen molar-refractivity contribution in [2.75, 3.05) is 30.0 Å². The molecule has 0 bridgehead atoms. The van der Waals surface area contributed by atoms with Crippen molar-refractivity contribution in [1.29, 1.82) is 0 Å². The molecule has 4 N–H and O–H groups in total. The molecule has 7 nitrogen and oxygen atoms in total. The van der Waals surface area contributed by atoms with Gasteiger partial charge in [-0.15, -0.1) is 0 Å². The minimum Gasteiger partial charge on any atom is -0.388 e. The van der Waals surface area contributed by atoms with Gasteiger partial charge in [-0.25, -0.2) is 0 Å². The third-order valence-electron chi connectivity index (χ3n) is 3.22. The first-order valence-corrected chi connectivity index (χ1v) is 8.17. The van der Waals surface area contributed by atoms with E-state index in [9.17, 15) is 17.8 Å². The predicted octanol–water partition coefficient (Wildman–Crippen LogP) is 2.27. The Morgan fingerprint density at radius 3 is 2.09 bits per heavy atom. The van der Waals surface area contributed by atoms with Crippen molar-refractivity contribution in [3.63, 3.8) is 0 Å². The van der Waals surface area contributed by atoms with Crippen LogP contribution in [0.4, 0.5) is 17.1 Å². The second kappa shape index (κ2) is 6.67. The molecule has 0 aliphatic heterocycles. The smallest absolute Gasteiger partial charge is 0.296 e. The molecule has 0 spiro atoms. The second-order valence-electron chi connectivity index (χ2n) is 4.72. The molecule has 23 heavy (non-hydrogen) atoms. The maximum atomic E-state index is 12.2. The van der Waals surface area contributed by atoms with Crippen molar-refractivity contribution in [3.8, 4) is 0 Å². The highest BCUT2D eigenvalue weighted by molar-refractivity contribution is 7.86. The monoisotopic (exact) mass is 335 g/mol. The number of hydrogen-bond acceptors (Lipinski definition) is 5. The molecule has 122 valence electrons. The minimum atomic E-state index is -4.40. The van der Waals surface area contributed by atoms with Crippen LogP contribution in [0, 0.1) is 0 Å². The van der Waals surface area contributed by atoms with E-state index < -0.39 is 10.1 Å². The van der Waals surface area contributed by atoms with E-state index in [1.807, 2.05) is 0 Å². The summed E-state index contributed by atoms with van der Waals surface area (Å²) in [5, 5.41) is 8.21. The maximum absolute atomic E-state index is 12.2. The fourth-order valence-electron chi connectivity index (χ4n) is 2.01. The average Bonchev–Trinajstić information content (AvgIpc) is 2.54. The minimum absolute atomic E-state index is 0.240. The van der Waals surface area contributed by atoms with Gasteiger partial charge in [-0.1, -0.05) is 0 Å². The number of rotatable bonds is 5.